The highest BCUT2D eigenvalue weighted by atomic mass is 32.2. The number of benzene rings is 1. The van der Waals surface area contributed by atoms with Crippen LogP contribution in [0, 0.1) is 16.0 Å². The third kappa shape index (κ3) is 4.35. The first-order chi connectivity index (χ1) is 12.1. The van der Waals surface area contributed by atoms with E-state index >= 15 is 0 Å². The number of nitro groups is 1. The molecule has 1 saturated carbocycles. The summed E-state index contributed by atoms with van der Waals surface area (Å²) in [6.45, 7) is 2.83. The number of thioether (sulfide) groups is 1. The van der Waals surface area contributed by atoms with Crippen LogP contribution in [0.1, 0.15) is 51.9 Å². The van der Waals surface area contributed by atoms with E-state index in [0.29, 0.717) is 12.0 Å². The van der Waals surface area contributed by atoms with E-state index in [1.165, 1.54) is 56.0 Å². The maximum atomic E-state index is 13.0. The predicted octanol–water partition coefficient (Wildman–Crippen LogP) is 4.65. The Labute approximate surface area is 153 Å². The van der Waals surface area contributed by atoms with E-state index in [2.05, 4.69) is 4.90 Å². The van der Waals surface area contributed by atoms with Crippen LogP contribution >= 0.6 is 11.8 Å². The Morgan fingerprint density at radius 2 is 1.84 bits per heavy atom. The minimum atomic E-state index is -0.401. The van der Waals surface area contributed by atoms with E-state index in [1.807, 2.05) is 6.92 Å². The van der Waals surface area contributed by atoms with Crippen LogP contribution in [0.15, 0.2) is 29.2 Å². The van der Waals surface area contributed by atoms with E-state index in [4.69, 9.17) is 0 Å². The van der Waals surface area contributed by atoms with Gasteiger partial charge in [0.05, 0.1) is 10.2 Å². The van der Waals surface area contributed by atoms with Crippen molar-refractivity contribution in [2.24, 2.45) is 5.92 Å². The Morgan fingerprint density at radius 1 is 1.16 bits per heavy atom. The van der Waals surface area contributed by atoms with Gasteiger partial charge in [0.1, 0.15) is 0 Å². The molecule has 2 fully saturated rings. The van der Waals surface area contributed by atoms with Gasteiger partial charge in [0.25, 0.3) is 5.69 Å². The van der Waals surface area contributed by atoms with Crippen LogP contribution in [0.2, 0.25) is 0 Å². The van der Waals surface area contributed by atoms with Crippen molar-refractivity contribution >= 4 is 23.4 Å². The highest BCUT2D eigenvalue weighted by Crippen LogP contribution is 2.36. The number of non-ortho nitro benzene ring substituents is 1. The van der Waals surface area contributed by atoms with Crippen LogP contribution in [0.25, 0.3) is 0 Å². The fraction of sp³-hybridized carbons (Fsp3) is 0.632. The lowest BCUT2D eigenvalue weighted by atomic mass is 9.83. The molecule has 1 aromatic carbocycles. The minimum Gasteiger partial charge on any atom is -0.338 e. The molecule has 25 heavy (non-hydrogen) atoms. The number of nitrogens with zero attached hydrogens (tertiary/aromatic N) is 2. The molecule has 1 aliphatic heterocycles. The molecule has 0 spiro atoms. The molecule has 1 heterocycles. The first-order valence-electron chi connectivity index (χ1n) is 9.28. The van der Waals surface area contributed by atoms with Crippen LogP contribution in [0.5, 0.6) is 0 Å². The first kappa shape index (κ1) is 18.2. The van der Waals surface area contributed by atoms with E-state index in [-0.39, 0.29) is 16.8 Å². The van der Waals surface area contributed by atoms with Gasteiger partial charge in [-0.25, -0.2) is 0 Å². The zero-order valence-electron chi connectivity index (χ0n) is 14.7. The molecule has 136 valence electrons. The maximum Gasteiger partial charge on any atom is 0.269 e. The third-order valence-corrected chi connectivity index (χ3v) is 6.58. The standard InChI is InChI=1S/C19H26N2O3S/c1-14(25-17-11-9-16(10-12-17)21(23)24)19(22)20-13-5-8-18(20)15-6-3-2-4-7-15/h9-12,14-15,18H,2-8,13H2,1H3/t14-,18-/m1/s1. The number of hydrogen-bond donors (Lipinski definition) is 0. The van der Waals surface area contributed by atoms with Crippen molar-refractivity contribution < 1.29 is 9.72 Å². The first-order valence-corrected chi connectivity index (χ1v) is 10.2. The number of carbonyl (C=O) groups is 1. The summed E-state index contributed by atoms with van der Waals surface area (Å²) in [5, 5.41) is 10.6. The topological polar surface area (TPSA) is 63.5 Å². The fourth-order valence-corrected chi connectivity index (χ4v) is 5.15. The summed E-state index contributed by atoms with van der Waals surface area (Å²) < 4.78 is 0. The van der Waals surface area contributed by atoms with Gasteiger partial charge in [-0.2, -0.15) is 0 Å². The van der Waals surface area contributed by atoms with Gasteiger partial charge >= 0.3 is 0 Å². The summed E-state index contributed by atoms with van der Waals surface area (Å²) >= 11 is 1.49. The molecule has 6 heteroatoms. The zero-order chi connectivity index (χ0) is 17.8. The average Bonchev–Trinajstić information content (AvgIpc) is 3.12. The second kappa shape index (κ2) is 8.21. The van der Waals surface area contributed by atoms with Crippen molar-refractivity contribution in [3.8, 4) is 0 Å². The lowest BCUT2D eigenvalue weighted by Gasteiger charge is -2.35. The van der Waals surface area contributed by atoms with Crippen molar-refractivity contribution in [2.45, 2.75) is 68.1 Å². The van der Waals surface area contributed by atoms with Crippen molar-refractivity contribution in [2.75, 3.05) is 6.54 Å². The van der Waals surface area contributed by atoms with Gasteiger partial charge in [-0.05, 0) is 50.7 Å². The molecule has 0 bridgehead atoms. The number of hydrogen-bond acceptors (Lipinski definition) is 4. The van der Waals surface area contributed by atoms with Gasteiger partial charge in [-0.15, -0.1) is 11.8 Å². The van der Waals surface area contributed by atoms with E-state index < -0.39 is 4.92 Å². The van der Waals surface area contributed by atoms with Crippen LogP contribution in [0.3, 0.4) is 0 Å². The molecule has 1 amide bonds. The fourth-order valence-electron chi connectivity index (χ4n) is 4.21. The van der Waals surface area contributed by atoms with Crippen molar-refractivity contribution in [3.63, 3.8) is 0 Å². The summed E-state index contributed by atoms with van der Waals surface area (Å²) in [6.07, 6.45) is 8.72. The molecule has 0 radical (unpaired) electrons. The summed E-state index contributed by atoms with van der Waals surface area (Å²) in [5.74, 6) is 0.896. The molecular formula is C19H26N2O3S. The van der Waals surface area contributed by atoms with Gasteiger partial charge in [0.15, 0.2) is 0 Å². The summed E-state index contributed by atoms with van der Waals surface area (Å²) in [5.41, 5.74) is 0.0836. The molecule has 1 saturated heterocycles. The highest BCUT2D eigenvalue weighted by molar-refractivity contribution is 8.00. The lowest BCUT2D eigenvalue weighted by Crippen LogP contribution is -2.44. The molecular weight excluding hydrogens is 336 g/mol. The van der Waals surface area contributed by atoms with E-state index in [0.717, 1.165) is 24.3 Å². The molecule has 1 aliphatic carbocycles. The van der Waals surface area contributed by atoms with Crippen LogP contribution < -0.4 is 0 Å². The summed E-state index contributed by atoms with van der Waals surface area (Å²) in [4.78, 5) is 26.3. The van der Waals surface area contributed by atoms with Crippen molar-refractivity contribution in [3.05, 3.63) is 34.4 Å². The van der Waals surface area contributed by atoms with Crippen LogP contribution in [-0.4, -0.2) is 33.6 Å². The maximum absolute atomic E-state index is 13.0. The van der Waals surface area contributed by atoms with Gasteiger partial charge in [0, 0.05) is 29.6 Å². The monoisotopic (exact) mass is 362 g/mol. The quantitative estimate of drug-likeness (QED) is 0.435. The van der Waals surface area contributed by atoms with E-state index in [1.54, 1.807) is 12.1 Å². The molecule has 2 atom stereocenters. The summed E-state index contributed by atoms with van der Waals surface area (Å²) in [6, 6.07) is 6.89. The normalized spacial score (nSPS) is 22.8. The zero-order valence-corrected chi connectivity index (χ0v) is 15.5. The largest absolute Gasteiger partial charge is 0.338 e. The van der Waals surface area contributed by atoms with Gasteiger partial charge in [-0.1, -0.05) is 19.3 Å². The summed E-state index contributed by atoms with van der Waals surface area (Å²) in [7, 11) is 0. The van der Waals surface area contributed by atoms with Crippen molar-refractivity contribution in [1.82, 2.24) is 4.90 Å². The van der Waals surface area contributed by atoms with Gasteiger partial charge < -0.3 is 4.90 Å². The Kier molecular flexibility index (Phi) is 5.99. The second-order valence-electron chi connectivity index (χ2n) is 7.15. The van der Waals surface area contributed by atoms with Crippen LogP contribution in [-0.2, 0) is 4.79 Å². The molecule has 0 N–H and O–H groups in total. The number of amides is 1. The number of rotatable bonds is 5. The molecule has 0 aromatic heterocycles. The predicted molar refractivity (Wildman–Crippen MR) is 99.7 cm³/mol. The molecule has 0 unspecified atom stereocenters. The average molecular weight is 362 g/mol. The molecule has 2 aliphatic rings. The third-order valence-electron chi connectivity index (χ3n) is 5.48. The molecule has 5 nitrogen and oxygen atoms in total. The molecule has 3 rings (SSSR count). The Bertz CT molecular complexity index is 614. The second-order valence-corrected chi connectivity index (χ2v) is 8.56. The molecule has 1 aromatic rings. The highest BCUT2D eigenvalue weighted by Gasteiger charge is 2.36. The number of nitro benzene ring substituents is 1. The number of carbonyl (C=O) groups excluding carboxylic acids is 1. The van der Waals surface area contributed by atoms with Crippen LogP contribution in [0.4, 0.5) is 5.69 Å². The minimum absolute atomic E-state index is 0.0836. The van der Waals surface area contributed by atoms with Crippen molar-refractivity contribution in [1.29, 1.82) is 0 Å². The van der Waals surface area contributed by atoms with Gasteiger partial charge in [-0.3, -0.25) is 14.9 Å². The Morgan fingerprint density at radius 3 is 2.48 bits per heavy atom. The smallest absolute Gasteiger partial charge is 0.269 e. The Balaban J connectivity index is 1.61. The Hall–Kier alpha value is -1.56. The van der Waals surface area contributed by atoms with Gasteiger partial charge in [0.2, 0.25) is 5.91 Å². The lowest BCUT2D eigenvalue weighted by molar-refractivity contribution is -0.384. The van der Waals surface area contributed by atoms with E-state index in [9.17, 15) is 14.9 Å². The number of likely N-dealkylation sites (tertiary alicyclic amines) is 1. The SMILES string of the molecule is C[C@@H](Sc1ccc([N+](=O)[O-])cc1)C(=O)N1CCC[C@@H]1C1CCCCC1.